The Morgan fingerprint density at radius 2 is 1.55 bits per heavy atom. The second kappa shape index (κ2) is 9.27. The maximum absolute atomic E-state index is 5.46. The quantitative estimate of drug-likeness (QED) is 0.343. The Morgan fingerprint density at radius 3 is 2.23 bits per heavy atom. The molecule has 0 N–H and O–H groups in total. The molecule has 4 rings (SSSR count). The smallest absolute Gasteiger partial charge is 0.196 e. The zero-order chi connectivity index (χ0) is 21.8. The minimum Gasteiger partial charge on any atom is -0.497 e. The highest BCUT2D eigenvalue weighted by atomic mass is 32.2. The highest BCUT2D eigenvalue weighted by Gasteiger charge is 2.18. The molecule has 1 aromatic heterocycles. The van der Waals surface area contributed by atoms with Crippen LogP contribution in [0, 0.1) is 13.8 Å². The molecule has 6 heteroatoms. The zero-order valence-electron chi connectivity index (χ0n) is 18.1. The van der Waals surface area contributed by atoms with Crippen LogP contribution in [-0.2, 0) is 5.75 Å². The Morgan fingerprint density at radius 1 is 0.839 bits per heavy atom. The van der Waals surface area contributed by atoms with E-state index in [-0.39, 0.29) is 0 Å². The van der Waals surface area contributed by atoms with Gasteiger partial charge in [0.05, 0.1) is 14.2 Å². The first-order valence-corrected chi connectivity index (χ1v) is 11.0. The van der Waals surface area contributed by atoms with Crippen LogP contribution in [0.5, 0.6) is 11.5 Å². The van der Waals surface area contributed by atoms with Gasteiger partial charge in [-0.1, -0.05) is 53.7 Å². The lowest BCUT2D eigenvalue weighted by Crippen LogP contribution is -2.00. The molecule has 0 saturated carbocycles. The molecule has 0 atom stereocenters. The zero-order valence-corrected chi connectivity index (χ0v) is 18.9. The molecule has 0 saturated heterocycles. The van der Waals surface area contributed by atoms with Crippen molar-refractivity contribution < 1.29 is 9.47 Å². The Kier molecular flexibility index (Phi) is 6.28. The molecule has 3 aromatic carbocycles. The van der Waals surface area contributed by atoms with Crippen molar-refractivity contribution in [1.29, 1.82) is 0 Å². The number of hydrogen-bond acceptors (Lipinski definition) is 5. The van der Waals surface area contributed by atoms with Gasteiger partial charge in [0.2, 0.25) is 0 Å². The predicted octanol–water partition coefficient (Wildman–Crippen LogP) is 5.86. The normalized spacial score (nSPS) is 10.8. The number of rotatable bonds is 7. The molecule has 0 unspecified atom stereocenters. The minimum absolute atomic E-state index is 0.710. The first-order chi connectivity index (χ1) is 15.1. The van der Waals surface area contributed by atoms with Crippen molar-refractivity contribution in [2.45, 2.75) is 24.8 Å². The monoisotopic (exact) mass is 431 g/mol. The summed E-state index contributed by atoms with van der Waals surface area (Å²) in [5.74, 6) is 2.98. The first-order valence-electron chi connectivity index (χ1n) is 10.0. The topological polar surface area (TPSA) is 49.2 Å². The third-order valence-corrected chi connectivity index (χ3v) is 6.10. The van der Waals surface area contributed by atoms with Crippen LogP contribution in [0.2, 0.25) is 0 Å². The van der Waals surface area contributed by atoms with Gasteiger partial charge in [-0.3, -0.25) is 4.57 Å². The average Bonchev–Trinajstić information content (AvgIpc) is 3.23. The second-order valence-electron chi connectivity index (χ2n) is 7.30. The highest BCUT2D eigenvalue weighted by molar-refractivity contribution is 7.98. The first kappa shape index (κ1) is 21.0. The predicted molar refractivity (Wildman–Crippen MR) is 125 cm³/mol. The molecule has 0 fully saturated rings. The SMILES string of the molecule is COc1cc(OC)cc(-c2nnc(SCc3cc(C)ccc3C)n2-c2ccccc2)c1. The van der Waals surface area contributed by atoms with E-state index in [1.165, 1.54) is 16.7 Å². The van der Waals surface area contributed by atoms with E-state index in [0.717, 1.165) is 28.0 Å². The molecule has 0 amide bonds. The lowest BCUT2D eigenvalue weighted by atomic mass is 10.1. The van der Waals surface area contributed by atoms with Gasteiger partial charge in [-0.25, -0.2) is 0 Å². The summed E-state index contributed by atoms with van der Waals surface area (Å²) in [6, 6.07) is 22.5. The van der Waals surface area contributed by atoms with Crippen molar-refractivity contribution in [3.05, 3.63) is 83.4 Å². The molecule has 5 nitrogen and oxygen atoms in total. The van der Waals surface area contributed by atoms with Crippen molar-refractivity contribution in [3.8, 4) is 28.6 Å². The molecule has 0 spiro atoms. The van der Waals surface area contributed by atoms with Gasteiger partial charge in [0, 0.05) is 23.1 Å². The molecule has 4 aromatic rings. The molecule has 31 heavy (non-hydrogen) atoms. The van der Waals surface area contributed by atoms with E-state index in [1.54, 1.807) is 26.0 Å². The fourth-order valence-electron chi connectivity index (χ4n) is 3.39. The standard InChI is InChI=1S/C25H25N3O2S/c1-17-10-11-18(2)20(12-17)16-31-25-27-26-24(28(25)21-8-6-5-7-9-21)19-13-22(29-3)15-23(14-19)30-4/h5-15H,16H2,1-4H3. The van der Waals surface area contributed by atoms with Gasteiger partial charge in [0.25, 0.3) is 0 Å². The third-order valence-electron chi connectivity index (χ3n) is 5.12. The minimum atomic E-state index is 0.710. The van der Waals surface area contributed by atoms with Gasteiger partial charge < -0.3 is 9.47 Å². The number of aryl methyl sites for hydroxylation is 2. The van der Waals surface area contributed by atoms with Crippen LogP contribution >= 0.6 is 11.8 Å². The average molecular weight is 432 g/mol. The van der Waals surface area contributed by atoms with Crippen molar-refractivity contribution in [1.82, 2.24) is 14.8 Å². The van der Waals surface area contributed by atoms with Crippen LogP contribution in [-0.4, -0.2) is 29.0 Å². The van der Waals surface area contributed by atoms with E-state index in [9.17, 15) is 0 Å². The van der Waals surface area contributed by atoms with Crippen LogP contribution in [0.4, 0.5) is 0 Å². The largest absolute Gasteiger partial charge is 0.497 e. The van der Waals surface area contributed by atoms with Crippen molar-refractivity contribution >= 4 is 11.8 Å². The summed E-state index contributed by atoms with van der Waals surface area (Å²) < 4.78 is 13.0. The fraction of sp³-hybridized carbons (Fsp3) is 0.200. The summed E-state index contributed by atoms with van der Waals surface area (Å²) in [6.07, 6.45) is 0. The van der Waals surface area contributed by atoms with E-state index in [4.69, 9.17) is 9.47 Å². The number of nitrogens with zero attached hydrogens (tertiary/aromatic N) is 3. The van der Waals surface area contributed by atoms with E-state index >= 15 is 0 Å². The molecular weight excluding hydrogens is 406 g/mol. The summed E-state index contributed by atoms with van der Waals surface area (Å²) >= 11 is 1.68. The maximum atomic E-state index is 5.46. The Bertz CT molecular complexity index is 1170. The fourth-order valence-corrected chi connectivity index (χ4v) is 4.41. The highest BCUT2D eigenvalue weighted by Crippen LogP contribution is 2.34. The van der Waals surface area contributed by atoms with Gasteiger partial charge >= 0.3 is 0 Å². The van der Waals surface area contributed by atoms with Gasteiger partial charge in [-0.05, 0) is 49.2 Å². The molecule has 0 aliphatic carbocycles. The molecule has 158 valence electrons. The van der Waals surface area contributed by atoms with E-state index < -0.39 is 0 Å². The van der Waals surface area contributed by atoms with Crippen LogP contribution in [0.1, 0.15) is 16.7 Å². The van der Waals surface area contributed by atoms with Crippen LogP contribution in [0.15, 0.2) is 71.9 Å². The summed E-state index contributed by atoms with van der Waals surface area (Å²) in [4.78, 5) is 0. The van der Waals surface area contributed by atoms with E-state index in [1.807, 2.05) is 36.4 Å². The van der Waals surface area contributed by atoms with Gasteiger partial charge in [-0.2, -0.15) is 0 Å². The van der Waals surface area contributed by atoms with Crippen molar-refractivity contribution in [2.75, 3.05) is 14.2 Å². The number of thioether (sulfide) groups is 1. The maximum Gasteiger partial charge on any atom is 0.196 e. The molecule has 0 aliphatic heterocycles. The van der Waals surface area contributed by atoms with Gasteiger partial charge in [-0.15, -0.1) is 10.2 Å². The van der Waals surface area contributed by atoms with Crippen LogP contribution in [0.25, 0.3) is 17.1 Å². The lowest BCUT2D eigenvalue weighted by molar-refractivity contribution is 0.394. The summed E-state index contributed by atoms with van der Waals surface area (Å²) in [7, 11) is 3.29. The molecule has 1 heterocycles. The summed E-state index contributed by atoms with van der Waals surface area (Å²) in [6.45, 7) is 4.26. The lowest BCUT2D eigenvalue weighted by Gasteiger charge is -2.13. The molecular formula is C25H25N3O2S. The number of hydrogen-bond donors (Lipinski definition) is 0. The molecule has 0 aliphatic rings. The molecule has 0 radical (unpaired) electrons. The van der Waals surface area contributed by atoms with E-state index in [0.29, 0.717) is 11.5 Å². The van der Waals surface area contributed by atoms with Gasteiger partial charge in [0.15, 0.2) is 11.0 Å². The number of para-hydroxylation sites is 1. The van der Waals surface area contributed by atoms with Crippen molar-refractivity contribution in [3.63, 3.8) is 0 Å². The summed E-state index contributed by atoms with van der Waals surface area (Å²) in [5.41, 5.74) is 5.73. The van der Waals surface area contributed by atoms with Crippen LogP contribution < -0.4 is 9.47 Å². The number of methoxy groups -OCH3 is 2. The summed E-state index contributed by atoms with van der Waals surface area (Å²) in [5, 5.41) is 9.93. The van der Waals surface area contributed by atoms with Crippen LogP contribution in [0.3, 0.4) is 0 Å². The number of aromatic nitrogens is 3. The third kappa shape index (κ3) is 4.59. The Labute approximate surface area is 187 Å². The number of ether oxygens (including phenoxy) is 2. The van der Waals surface area contributed by atoms with Gasteiger partial charge in [0.1, 0.15) is 11.5 Å². The van der Waals surface area contributed by atoms with E-state index in [2.05, 4.69) is 58.9 Å². The second-order valence-corrected chi connectivity index (χ2v) is 8.24. The Hall–Kier alpha value is -3.25. The Balaban J connectivity index is 1.77. The number of benzene rings is 3. The molecule has 0 bridgehead atoms. The van der Waals surface area contributed by atoms with Crippen molar-refractivity contribution in [2.24, 2.45) is 0 Å².